The van der Waals surface area contributed by atoms with Gasteiger partial charge in [0.05, 0.1) is 12.6 Å². The molecule has 0 amide bonds. The molecule has 0 aliphatic carbocycles. The van der Waals surface area contributed by atoms with Gasteiger partial charge in [-0.15, -0.1) is 0 Å². The van der Waals surface area contributed by atoms with Crippen LogP contribution in [0.4, 0.5) is 15.8 Å². The molecule has 0 atom stereocenters. The maximum atomic E-state index is 13.5. The molecule has 3 aromatic rings. The van der Waals surface area contributed by atoms with Crippen molar-refractivity contribution in [2.45, 2.75) is 6.92 Å². The first-order valence-electron chi connectivity index (χ1n) is 6.64. The Labute approximate surface area is 122 Å². The van der Waals surface area contributed by atoms with Crippen molar-refractivity contribution in [3.05, 3.63) is 60.0 Å². The van der Waals surface area contributed by atoms with Gasteiger partial charge in [-0.25, -0.2) is 4.39 Å². The standard InChI is InChI=1S/C17H15FN2O/c1-11-9-17(15-10-12(18)3-8-16(15)19-11)20-13-4-6-14(21-2)7-5-13/h3-10H,1-2H3,(H,19,20). The largest absolute Gasteiger partial charge is 0.497 e. The van der Waals surface area contributed by atoms with E-state index in [2.05, 4.69) is 10.3 Å². The van der Waals surface area contributed by atoms with E-state index >= 15 is 0 Å². The van der Waals surface area contributed by atoms with Crippen LogP contribution in [0.15, 0.2) is 48.5 Å². The first kappa shape index (κ1) is 13.4. The van der Waals surface area contributed by atoms with Crippen LogP contribution in [-0.2, 0) is 0 Å². The number of rotatable bonds is 3. The fourth-order valence-electron chi connectivity index (χ4n) is 2.26. The third-order valence-electron chi connectivity index (χ3n) is 3.27. The van der Waals surface area contributed by atoms with Gasteiger partial charge in [0.2, 0.25) is 0 Å². The molecule has 2 aromatic carbocycles. The van der Waals surface area contributed by atoms with Crippen molar-refractivity contribution in [2.24, 2.45) is 0 Å². The van der Waals surface area contributed by atoms with E-state index in [1.807, 2.05) is 37.3 Å². The highest BCUT2D eigenvalue weighted by Gasteiger charge is 2.06. The molecule has 1 N–H and O–H groups in total. The monoisotopic (exact) mass is 282 g/mol. The topological polar surface area (TPSA) is 34.1 Å². The fourth-order valence-corrected chi connectivity index (χ4v) is 2.26. The number of ether oxygens (including phenoxy) is 1. The minimum absolute atomic E-state index is 0.272. The number of hydrogen-bond acceptors (Lipinski definition) is 3. The maximum absolute atomic E-state index is 13.5. The smallest absolute Gasteiger partial charge is 0.124 e. The van der Waals surface area contributed by atoms with Crippen molar-refractivity contribution in [3.8, 4) is 5.75 Å². The highest BCUT2D eigenvalue weighted by atomic mass is 19.1. The summed E-state index contributed by atoms with van der Waals surface area (Å²) in [7, 11) is 1.63. The van der Waals surface area contributed by atoms with Gasteiger partial charge in [-0.3, -0.25) is 4.98 Å². The van der Waals surface area contributed by atoms with Gasteiger partial charge in [0, 0.05) is 22.5 Å². The first-order chi connectivity index (χ1) is 10.2. The number of anilines is 2. The fraction of sp³-hybridized carbons (Fsp3) is 0.118. The molecular formula is C17H15FN2O. The van der Waals surface area contributed by atoms with E-state index in [1.54, 1.807) is 13.2 Å². The molecule has 0 saturated heterocycles. The van der Waals surface area contributed by atoms with Gasteiger partial charge in [-0.2, -0.15) is 0 Å². The van der Waals surface area contributed by atoms with Gasteiger partial charge in [0.15, 0.2) is 0 Å². The molecule has 21 heavy (non-hydrogen) atoms. The maximum Gasteiger partial charge on any atom is 0.124 e. The summed E-state index contributed by atoms with van der Waals surface area (Å²) in [5, 5.41) is 4.06. The van der Waals surface area contributed by atoms with E-state index in [1.165, 1.54) is 12.1 Å². The van der Waals surface area contributed by atoms with Gasteiger partial charge in [0.25, 0.3) is 0 Å². The van der Waals surface area contributed by atoms with Gasteiger partial charge >= 0.3 is 0 Å². The number of hydrogen-bond donors (Lipinski definition) is 1. The Morgan fingerprint density at radius 3 is 2.52 bits per heavy atom. The molecular weight excluding hydrogens is 267 g/mol. The SMILES string of the molecule is COc1ccc(Nc2cc(C)nc3ccc(F)cc23)cc1. The molecule has 0 spiro atoms. The summed E-state index contributed by atoms with van der Waals surface area (Å²) in [6, 6.07) is 14.1. The van der Waals surface area contributed by atoms with Gasteiger partial charge in [0.1, 0.15) is 11.6 Å². The van der Waals surface area contributed by atoms with E-state index in [0.717, 1.165) is 33.7 Å². The number of aromatic nitrogens is 1. The molecule has 0 unspecified atom stereocenters. The Bertz CT molecular complexity index is 785. The normalized spacial score (nSPS) is 10.6. The van der Waals surface area contributed by atoms with Gasteiger partial charge in [-0.1, -0.05) is 0 Å². The summed E-state index contributed by atoms with van der Waals surface area (Å²) in [6.07, 6.45) is 0. The Balaban J connectivity index is 2.04. The van der Waals surface area contributed by atoms with Crippen LogP contribution >= 0.6 is 0 Å². The van der Waals surface area contributed by atoms with Crippen LogP contribution in [0.2, 0.25) is 0 Å². The molecule has 0 radical (unpaired) electrons. The molecule has 1 heterocycles. The Kier molecular flexibility index (Phi) is 3.44. The predicted molar refractivity (Wildman–Crippen MR) is 82.7 cm³/mol. The summed E-state index contributed by atoms with van der Waals surface area (Å²) in [5.41, 5.74) is 3.40. The lowest BCUT2D eigenvalue weighted by molar-refractivity contribution is 0.415. The average Bonchev–Trinajstić information content (AvgIpc) is 2.49. The lowest BCUT2D eigenvalue weighted by Crippen LogP contribution is -1.95. The number of fused-ring (bicyclic) bond motifs is 1. The number of halogens is 1. The molecule has 0 aliphatic rings. The molecule has 0 bridgehead atoms. The number of methoxy groups -OCH3 is 1. The highest BCUT2D eigenvalue weighted by molar-refractivity contribution is 5.93. The second-order valence-electron chi connectivity index (χ2n) is 4.83. The Morgan fingerprint density at radius 1 is 1.05 bits per heavy atom. The quantitative estimate of drug-likeness (QED) is 0.771. The van der Waals surface area contributed by atoms with Crippen LogP contribution in [0.25, 0.3) is 10.9 Å². The van der Waals surface area contributed by atoms with Crippen molar-refractivity contribution >= 4 is 22.3 Å². The Morgan fingerprint density at radius 2 is 1.81 bits per heavy atom. The van der Waals surface area contributed by atoms with E-state index < -0.39 is 0 Å². The molecule has 0 saturated carbocycles. The number of nitrogens with zero attached hydrogens (tertiary/aromatic N) is 1. The minimum Gasteiger partial charge on any atom is -0.497 e. The third kappa shape index (κ3) is 2.79. The number of nitrogens with one attached hydrogen (secondary N) is 1. The van der Waals surface area contributed by atoms with Gasteiger partial charge < -0.3 is 10.1 Å². The molecule has 1 aromatic heterocycles. The second-order valence-corrected chi connectivity index (χ2v) is 4.83. The predicted octanol–water partition coefficient (Wildman–Crippen LogP) is 4.43. The third-order valence-corrected chi connectivity index (χ3v) is 3.27. The van der Waals surface area contributed by atoms with Crippen LogP contribution in [-0.4, -0.2) is 12.1 Å². The Hall–Kier alpha value is -2.62. The average molecular weight is 282 g/mol. The van der Waals surface area contributed by atoms with Crippen LogP contribution < -0.4 is 10.1 Å². The number of aryl methyl sites for hydroxylation is 1. The van der Waals surface area contributed by atoms with E-state index in [0.29, 0.717) is 0 Å². The van der Waals surface area contributed by atoms with Crippen molar-refractivity contribution in [1.82, 2.24) is 4.98 Å². The molecule has 0 aliphatic heterocycles. The summed E-state index contributed by atoms with van der Waals surface area (Å²) in [5.74, 6) is 0.522. The van der Waals surface area contributed by atoms with Crippen molar-refractivity contribution < 1.29 is 9.13 Å². The van der Waals surface area contributed by atoms with Crippen LogP contribution in [0.3, 0.4) is 0 Å². The summed E-state index contributed by atoms with van der Waals surface area (Å²) in [6.45, 7) is 1.92. The van der Waals surface area contributed by atoms with Crippen molar-refractivity contribution in [3.63, 3.8) is 0 Å². The lowest BCUT2D eigenvalue weighted by Gasteiger charge is -2.11. The summed E-state index contributed by atoms with van der Waals surface area (Å²) < 4.78 is 18.6. The second kappa shape index (κ2) is 5.40. The first-order valence-corrected chi connectivity index (χ1v) is 6.64. The zero-order chi connectivity index (χ0) is 14.8. The molecule has 3 rings (SSSR count). The number of benzene rings is 2. The van der Waals surface area contributed by atoms with E-state index in [4.69, 9.17) is 4.74 Å². The van der Waals surface area contributed by atoms with Gasteiger partial charge in [-0.05, 0) is 55.5 Å². The van der Waals surface area contributed by atoms with Crippen molar-refractivity contribution in [2.75, 3.05) is 12.4 Å². The lowest BCUT2D eigenvalue weighted by atomic mass is 10.1. The summed E-state index contributed by atoms with van der Waals surface area (Å²) in [4.78, 5) is 4.42. The number of pyridine rings is 1. The van der Waals surface area contributed by atoms with E-state index in [9.17, 15) is 4.39 Å². The minimum atomic E-state index is -0.272. The molecule has 4 heteroatoms. The summed E-state index contributed by atoms with van der Waals surface area (Å²) >= 11 is 0. The van der Waals surface area contributed by atoms with E-state index in [-0.39, 0.29) is 5.82 Å². The zero-order valence-corrected chi connectivity index (χ0v) is 11.9. The molecule has 3 nitrogen and oxygen atoms in total. The zero-order valence-electron chi connectivity index (χ0n) is 11.9. The van der Waals surface area contributed by atoms with Crippen molar-refractivity contribution in [1.29, 1.82) is 0 Å². The van der Waals surface area contributed by atoms with Crippen LogP contribution in [0, 0.1) is 12.7 Å². The molecule has 0 fully saturated rings. The van der Waals surface area contributed by atoms with Crippen LogP contribution in [0.1, 0.15) is 5.69 Å². The van der Waals surface area contributed by atoms with Crippen LogP contribution in [0.5, 0.6) is 5.75 Å². The highest BCUT2D eigenvalue weighted by Crippen LogP contribution is 2.27. The molecule has 106 valence electrons.